The Balaban J connectivity index is 1.48. The highest BCUT2D eigenvalue weighted by Crippen LogP contribution is 2.37. The number of anilines is 1. The topological polar surface area (TPSA) is 93.4 Å². The highest BCUT2D eigenvalue weighted by Gasteiger charge is 2.52. The molecule has 1 aliphatic carbocycles. The van der Waals surface area contributed by atoms with Crippen LogP contribution in [0.4, 0.5) is 5.69 Å². The summed E-state index contributed by atoms with van der Waals surface area (Å²) in [5.41, 5.74) is 8.30. The Bertz CT molecular complexity index is 631. The summed E-state index contributed by atoms with van der Waals surface area (Å²) < 4.78 is 5.61. The van der Waals surface area contributed by atoms with Crippen molar-refractivity contribution in [3.63, 3.8) is 0 Å². The minimum Gasteiger partial charge on any atom is -0.376 e. The fraction of sp³-hybridized carbons (Fsp3) is 0.467. The van der Waals surface area contributed by atoms with E-state index in [9.17, 15) is 9.59 Å². The van der Waals surface area contributed by atoms with E-state index in [0.29, 0.717) is 17.9 Å². The summed E-state index contributed by atoms with van der Waals surface area (Å²) in [5, 5.41) is 5.72. The lowest BCUT2D eigenvalue weighted by molar-refractivity contribution is -0.115. The SMILES string of the molecule is NC1C2CCOC2C1NC(=O)c1ccc2c(c1)CC(=O)N2. The van der Waals surface area contributed by atoms with Crippen molar-refractivity contribution in [3.05, 3.63) is 29.3 Å². The minimum atomic E-state index is -0.161. The largest absolute Gasteiger partial charge is 0.376 e. The predicted molar refractivity (Wildman–Crippen MR) is 75.9 cm³/mol. The van der Waals surface area contributed by atoms with Gasteiger partial charge in [-0.3, -0.25) is 9.59 Å². The van der Waals surface area contributed by atoms with Crippen LogP contribution in [-0.2, 0) is 16.0 Å². The molecule has 0 bridgehead atoms. The maximum atomic E-state index is 12.3. The third kappa shape index (κ3) is 1.94. The van der Waals surface area contributed by atoms with Crippen molar-refractivity contribution >= 4 is 17.5 Å². The molecule has 4 rings (SSSR count). The fourth-order valence-electron chi connectivity index (χ4n) is 3.53. The fourth-order valence-corrected chi connectivity index (χ4v) is 3.53. The first-order chi connectivity index (χ1) is 10.1. The first-order valence-electron chi connectivity index (χ1n) is 7.24. The lowest BCUT2D eigenvalue weighted by Gasteiger charge is -2.45. The second kappa shape index (κ2) is 4.54. The molecular weight excluding hydrogens is 270 g/mol. The van der Waals surface area contributed by atoms with Crippen LogP contribution >= 0.6 is 0 Å². The van der Waals surface area contributed by atoms with Crippen LogP contribution in [0.15, 0.2) is 18.2 Å². The number of ether oxygens (including phenoxy) is 1. The number of fused-ring (bicyclic) bond motifs is 2. The lowest BCUT2D eigenvalue weighted by Crippen LogP contribution is -2.68. The number of nitrogens with one attached hydrogen (secondary N) is 2. The molecular formula is C15H17N3O3. The van der Waals surface area contributed by atoms with E-state index in [0.717, 1.165) is 24.3 Å². The normalized spacial score (nSPS) is 32.9. The van der Waals surface area contributed by atoms with Gasteiger partial charge in [0.25, 0.3) is 5.91 Å². The standard InChI is InChI=1S/C15H17N3O3/c16-12-9-3-4-21-14(9)13(12)18-15(20)7-1-2-10-8(5-7)6-11(19)17-10/h1-2,5,9,12-14H,3-4,6,16H2,(H,17,19)(H,18,20). The van der Waals surface area contributed by atoms with Gasteiger partial charge in [-0.15, -0.1) is 0 Å². The molecule has 4 atom stereocenters. The van der Waals surface area contributed by atoms with Crippen molar-refractivity contribution < 1.29 is 14.3 Å². The molecule has 3 aliphatic rings. The highest BCUT2D eigenvalue weighted by molar-refractivity contribution is 6.01. The molecule has 4 N–H and O–H groups in total. The molecule has 2 aliphatic heterocycles. The number of carbonyl (C=O) groups excluding carboxylic acids is 2. The third-order valence-electron chi connectivity index (χ3n) is 4.74. The zero-order valence-corrected chi connectivity index (χ0v) is 11.5. The molecule has 0 spiro atoms. The van der Waals surface area contributed by atoms with Crippen LogP contribution in [0.5, 0.6) is 0 Å². The summed E-state index contributed by atoms with van der Waals surface area (Å²) in [7, 11) is 0. The first kappa shape index (κ1) is 12.8. The Labute approximate surface area is 122 Å². The van der Waals surface area contributed by atoms with Gasteiger partial charge in [-0.1, -0.05) is 0 Å². The number of benzene rings is 1. The third-order valence-corrected chi connectivity index (χ3v) is 4.74. The van der Waals surface area contributed by atoms with Gasteiger partial charge >= 0.3 is 0 Å². The van der Waals surface area contributed by atoms with Gasteiger partial charge in [0.15, 0.2) is 0 Å². The van der Waals surface area contributed by atoms with E-state index in [1.54, 1.807) is 18.2 Å². The van der Waals surface area contributed by atoms with Crippen molar-refractivity contribution in [2.45, 2.75) is 31.0 Å². The molecule has 6 nitrogen and oxygen atoms in total. The van der Waals surface area contributed by atoms with Crippen LogP contribution in [0.2, 0.25) is 0 Å². The summed E-state index contributed by atoms with van der Waals surface area (Å²) >= 11 is 0. The van der Waals surface area contributed by atoms with E-state index < -0.39 is 0 Å². The Kier molecular flexibility index (Phi) is 2.77. The Morgan fingerprint density at radius 1 is 1.43 bits per heavy atom. The van der Waals surface area contributed by atoms with E-state index in [1.807, 2.05) is 0 Å². The van der Waals surface area contributed by atoms with E-state index in [2.05, 4.69) is 10.6 Å². The van der Waals surface area contributed by atoms with Gasteiger partial charge in [0, 0.05) is 29.8 Å². The molecule has 0 radical (unpaired) electrons. The molecule has 2 heterocycles. The van der Waals surface area contributed by atoms with Crippen LogP contribution in [0.3, 0.4) is 0 Å². The minimum absolute atomic E-state index is 0.0286. The van der Waals surface area contributed by atoms with Crippen LogP contribution in [0.25, 0.3) is 0 Å². The number of carbonyl (C=O) groups is 2. The van der Waals surface area contributed by atoms with Gasteiger partial charge in [-0.25, -0.2) is 0 Å². The summed E-state index contributed by atoms with van der Waals surface area (Å²) in [6.45, 7) is 0.724. The smallest absolute Gasteiger partial charge is 0.251 e. The summed E-state index contributed by atoms with van der Waals surface area (Å²) in [5.74, 6) is 0.175. The number of nitrogens with two attached hydrogens (primary N) is 1. The van der Waals surface area contributed by atoms with E-state index in [-0.39, 0.29) is 30.0 Å². The van der Waals surface area contributed by atoms with Gasteiger partial charge in [-0.05, 0) is 30.2 Å². The summed E-state index contributed by atoms with van der Waals surface area (Å²) in [6.07, 6.45) is 1.36. The van der Waals surface area contributed by atoms with Gasteiger partial charge in [0.05, 0.1) is 18.6 Å². The van der Waals surface area contributed by atoms with E-state index in [4.69, 9.17) is 10.5 Å². The molecule has 110 valence electrons. The molecule has 1 saturated heterocycles. The van der Waals surface area contributed by atoms with Gasteiger partial charge in [0.2, 0.25) is 5.91 Å². The Hall–Kier alpha value is -1.92. The molecule has 2 amide bonds. The summed E-state index contributed by atoms with van der Waals surface area (Å²) in [6, 6.07) is 5.11. The maximum Gasteiger partial charge on any atom is 0.251 e. The highest BCUT2D eigenvalue weighted by atomic mass is 16.5. The van der Waals surface area contributed by atoms with Crippen LogP contribution < -0.4 is 16.4 Å². The molecule has 2 fully saturated rings. The summed E-state index contributed by atoms with van der Waals surface area (Å²) in [4.78, 5) is 23.7. The monoisotopic (exact) mass is 287 g/mol. The molecule has 1 aromatic carbocycles. The number of amides is 2. The second-order valence-electron chi connectivity index (χ2n) is 5.96. The van der Waals surface area contributed by atoms with Gasteiger partial charge in [0.1, 0.15) is 0 Å². The quantitative estimate of drug-likeness (QED) is 0.715. The molecule has 21 heavy (non-hydrogen) atoms. The molecule has 4 unspecified atom stereocenters. The van der Waals surface area contributed by atoms with Gasteiger partial charge < -0.3 is 21.1 Å². The molecule has 6 heteroatoms. The maximum absolute atomic E-state index is 12.3. The van der Waals surface area contributed by atoms with E-state index in [1.165, 1.54) is 0 Å². The van der Waals surface area contributed by atoms with Crippen molar-refractivity contribution in [2.24, 2.45) is 11.7 Å². The average Bonchev–Trinajstić information content (AvgIpc) is 3.06. The molecule has 1 aromatic rings. The van der Waals surface area contributed by atoms with Crippen LogP contribution in [0.1, 0.15) is 22.3 Å². The zero-order chi connectivity index (χ0) is 14.6. The first-order valence-corrected chi connectivity index (χ1v) is 7.24. The molecule has 0 aromatic heterocycles. The van der Waals surface area contributed by atoms with Crippen molar-refractivity contribution in [3.8, 4) is 0 Å². The van der Waals surface area contributed by atoms with Crippen molar-refractivity contribution in [2.75, 3.05) is 11.9 Å². The Morgan fingerprint density at radius 3 is 3.14 bits per heavy atom. The predicted octanol–water partition coefficient (Wildman–Crippen LogP) is 0.0256. The van der Waals surface area contributed by atoms with Crippen molar-refractivity contribution in [1.82, 2.24) is 5.32 Å². The zero-order valence-electron chi connectivity index (χ0n) is 11.5. The number of hydrogen-bond acceptors (Lipinski definition) is 4. The number of rotatable bonds is 2. The number of hydrogen-bond donors (Lipinski definition) is 3. The van der Waals surface area contributed by atoms with E-state index >= 15 is 0 Å². The van der Waals surface area contributed by atoms with Crippen LogP contribution in [0, 0.1) is 5.92 Å². The van der Waals surface area contributed by atoms with Crippen molar-refractivity contribution in [1.29, 1.82) is 0 Å². The average molecular weight is 287 g/mol. The Morgan fingerprint density at radius 2 is 2.29 bits per heavy atom. The van der Waals surface area contributed by atoms with Crippen LogP contribution in [-0.4, -0.2) is 36.6 Å². The lowest BCUT2D eigenvalue weighted by atomic mass is 9.72. The second-order valence-corrected chi connectivity index (χ2v) is 5.96. The molecule has 1 saturated carbocycles. The van der Waals surface area contributed by atoms with Gasteiger partial charge in [-0.2, -0.15) is 0 Å².